The summed E-state index contributed by atoms with van der Waals surface area (Å²) in [5.74, 6) is 1.80. The van der Waals surface area contributed by atoms with Gasteiger partial charge in [0.05, 0.1) is 13.2 Å². The van der Waals surface area contributed by atoms with Crippen LogP contribution in [0.4, 0.5) is 0 Å². The quantitative estimate of drug-likeness (QED) is 0.350. The Morgan fingerprint density at radius 2 is 1.75 bits per heavy atom. The number of likely N-dealkylation sites (tertiary alicyclic amines) is 1. The van der Waals surface area contributed by atoms with Crippen LogP contribution in [0.2, 0.25) is 0 Å². The van der Waals surface area contributed by atoms with Crippen LogP contribution in [0.1, 0.15) is 70.8 Å². The smallest absolute Gasteiger partial charge is 0.161 e. The molecular formula is C24H37NO3. The number of benzene rings is 1. The van der Waals surface area contributed by atoms with E-state index < -0.39 is 0 Å². The summed E-state index contributed by atoms with van der Waals surface area (Å²) in [6.45, 7) is 7.08. The van der Waals surface area contributed by atoms with Crippen LogP contribution in [-0.2, 0) is 4.79 Å². The molecule has 1 aliphatic rings. The van der Waals surface area contributed by atoms with Crippen molar-refractivity contribution < 1.29 is 14.3 Å². The molecule has 0 saturated carbocycles. The van der Waals surface area contributed by atoms with Crippen molar-refractivity contribution in [1.29, 1.82) is 0 Å². The molecule has 0 radical (unpaired) electrons. The molecule has 0 N–H and O–H groups in total. The molecule has 0 amide bonds. The molecule has 4 nitrogen and oxygen atoms in total. The summed E-state index contributed by atoms with van der Waals surface area (Å²) < 4.78 is 11.8. The van der Waals surface area contributed by atoms with E-state index in [1.807, 2.05) is 38.2 Å². The summed E-state index contributed by atoms with van der Waals surface area (Å²) in [5.41, 5.74) is 1.86. The number of Topliss-reactive ketones (excluding diaryl/α,β-unsaturated/α-hetero) is 1. The molecule has 2 rings (SSSR count). The van der Waals surface area contributed by atoms with Gasteiger partial charge in [-0.1, -0.05) is 51.5 Å². The molecule has 4 heteroatoms. The van der Waals surface area contributed by atoms with Crippen LogP contribution in [0.5, 0.6) is 11.5 Å². The maximum Gasteiger partial charge on any atom is 0.161 e. The first-order chi connectivity index (χ1) is 13.6. The van der Waals surface area contributed by atoms with Crippen molar-refractivity contribution >= 4 is 11.9 Å². The number of piperidine rings is 1. The molecule has 28 heavy (non-hydrogen) atoms. The number of hydrogen-bond acceptors (Lipinski definition) is 4. The highest BCUT2D eigenvalue weighted by Gasteiger charge is 2.18. The average molecular weight is 388 g/mol. The molecule has 1 saturated heterocycles. The van der Waals surface area contributed by atoms with Gasteiger partial charge in [-0.25, -0.2) is 0 Å². The summed E-state index contributed by atoms with van der Waals surface area (Å²) in [6, 6.07) is 5.96. The number of carbonyl (C=O) groups excluding carboxylic acids is 1. The highest BCUT2D eigenvalue weighted by Crippen LogP contribution is 2.30. The van der Waals surface area contributed by atoms with E-state index in [2.05, 4.69) is 11.8 Å². The van der Waals surface area contributed by atoms with Gasteiger partial charge in [0.15, 0.2) is 17.3 Å². The third-order valence-corrected chi connectivity index (χ3v) is 5.13. The first kappa shape index (κ1) is 22.5. The van der Waals surface area contributed by atoms with Gasteiger partial charge < -0.3 is 14.4 Å². The molecule has 0 unspecified atom stereocenters. The number of carbonyl (C=O) groups is 1. The topological polar surface area (TPSA) is 38.8 Å². The summed E-state index contributed by atoms with van der Waals surface area (Å²) in [6.07, 6.45) is 11.5. The fourth-order valence-electron chi connectivity index (χ4n) is 3.48. The number of rotatable bonds is 12. The van der Waals surface area contributed by atoms with E-state index in [4.69, 9.17) is 9.47 Å². The van der Waals surface area contributed by atoms with Gasteiger partial charge in [0.25, 0.3) is 0 Å². The Bertz CT molecular complexity index is 639. The molecule has 1 fully saturated rings. The zero-order valence-electron chi connectivity index (χ0n) is 18.0. The molecule has 156 valence electrons. The standard InChI is InChI=1S/C24H37NO3/c1-4-6-7-8-9-10-11-16-28-23-13-12-20(18-24(23)27-5-2)17-21-19-25(3)15-14-22(21)26/h12-13,17-18H,4-11,14-16,19H2,1-3H3/b21-17+. The van der Waals surface area contributed by atoms with Crippen molar-refractivity contribution in [2.75, 3.05) is 33.4 Å². The Morgan fingerprint density at radius 1 is 1.00 bits per heavy atom. The lowest BCUT2D eigenvalue weighted by Gasteiger charge is -2.23. The summed E-state index contributed by atoms with van der Waals surface area (Å²) in [4.78, 5) is 14.3. The number of hydrogen-bond donors (Lipinski definition) is 0. The number of likely N-dealkylation sites (N-methyl/N-ethyl adjacent to an activating group) is 1. The van der Waals surface area contributed by atoms with Crippen molar-refractivity contribution in [2.45, 2.75) is 65.2 Å². The Balaban J connectivity index is 1.90. The van der Waals surface area contributed by atoms with E-state index in [1.165, 1.54) is 38.5 Å². The Morgan fingerprint density at radius 3 is 2.50 bits per heavy atom. The minimum atomic E-state index is 0.246. The second-order valence-corrected chi connectivity index (χ2v) is 7.69. The maximum atomic E-state index is 12.2. The van der Waals surface area contributed by atoms with Crippen molar-refractivity contribution in [2.24, 2.45) is 0 Å². The predicted molar refractivity (Wildman–Crippen MR) is 116 cm³/mol. The Kier molecular flexibility index (Phi) is 10.1. The largest absolute Gasteiger partial charge is 0.490 e. The molecule has 1 heterocycles. The molecule has 0 spiro atoms. The van der Waals surface area contributed by atoms with E-state index in [9.17, 15) is 4.79 Å². The van der Waals surface area contributed by atoms with Gasteiger partial charge in [-0.15, -0.1) is 0 Å². The molecule has 0 bridgehead atoms. The lowest BCUT2D eigenvalue weighted by Crippen LogP contribution is -2.32. The van der Waals surface area contributed by atoms with Crippen LogP contribution in [-0.4, -0.2) is 44.0 Å². The van der Waals surface area contributed by atoms with Crippen LogP contribution in [0.25, 0.3) is 6.08 Å². The Labute approximate surface area is 170 Å². The summed E-state index contributed by atoms with van der Waals surface area (Å²) in [7, 11) is 2.05. The number of unbranched alkanes of at least 4 members (excludes halogenated alkanes) is 6. The normalized spacial score (nSPS) is 16.5. The van der Waals surface area contributed by atoms with Crippen LogP contribution >= 0.6 is 0 Å². The van der Waals surface area contributed by atoms with Crippen LogP contribution in [0, 0.1) is 0 Å². The van der Waals surface area contributed by atoms with Crippen molar-refractivity contribution in [3.63, 3.8) is 0 Å². The molecule has 1 aromatic rings. The minimum Gasteiger partial charge on any atom is -0.490 e. The van der Waals surface area contributed by atoms with Gasteiger partial charge in [-0.3, -0.25) is 4.79 Å². The van der Waals surface area contributed by atoms with E-state index in [0.29, 0.717) is 19.6 Å². The highest BCUT2D eigenvalue weighted by atomic mass is 16.5. The van der Waals surface area contributed by atoms with Crippen molar-refractivity contribution in [3.8, 4) is 11.5 Å². The monoisotopic (exact) mass is 387 g/mol. The zero-order valence-corrected chi connectivity index (χ0v) is 18.0. The van der Waals surface area contributed by atoms with Gasteiger partial charge in [0, 0.05) is 25.1 Å². The number of ketones is 1. The zero-order chi connectivity index (χ0) is 20.2. The van der Waals surface area contributed by atoms with Gasteiger partial charge in [-0.2, -0.15) is 0 Å². The fourth-order valence-corrected chi connectivity index (χ4v) is 3.48. The van der Waals surface area contributed by atoms with Crippen molar-refractivity contribution in [3.05, 3.63) is 29.3 Å². The molecule has 1 aliphatic heterocycles. The van der Waals surface area contributed by atoms with E-state index in [-0.39, 0.29) is 5.78 Å². The van der Waals surface area contributed by atoms with Crippen LogP contribution < -0.4 is 9.47 Å². The molecule has 0 aliphatic carbocycles. The lowest BCUT2D eigenvalue weighted by molar-refractivity contribution is -0.117. The van der Waals surface area contributed by atoms with Crippen LogP contribution in [0.3, 0.4) is 0 Å². The SMILES string of the molecule is CCCCCCCCCOc1ccc(/C=C2\CN(C)CCC2=O)cc1OCC. The second-order valence-electron chi connectivity index (χ2n) is 7.69. The maximum absolute atomic E-state index is 12.2. The first-order valence-electron chi connectivity index (χ1n) is 11.0. The molecular weight excluding hydrogens is 350 g/mol. The van der Waals surface area contributed by atoms with Gasteiger partial charge >= 0.3 is 0 Å². The second kappa shape index (κ2) is 12.6. The Hall–Kier alpha value is -1.81. The summed E-state index contributed by atoms with van der Waals surface area (Å²) in [5, 5.41) is 0. The third kappa shape index (κ3) is 7.67. The van der Waals surface area contributed by atoms with Crippen molar-refractivity contribution in [1.82, 2.24) is 4.90 Å². The van der Waals surface area contributed by atoms with E-state index >= 15 is 0 Å². The van der Waals surface area contributed by atoms with Crippen LogP contribution in [0.15, 0.2) is 23.8 Å². The third-order valence-electron chi connectivity index (χ3n) is 5.13. The average Bonchev–Trinajstić information content (AvgIpc) is 2.68. The van der Waals surface area contributed by atoms with Gasteiger partial charge in [-0.05, 0) is 44.2 Å². The number of ether oxygens (including phenoxy) is 2. The fraction of sp³-hybridized carbons (Fsp3) is 0.625. The van der Waals surface area contributed by atoms with Gasteiger partial charge in [0.1, 0.15) is 0 Å². The first-order valence-corrected chi connectivity index (χ1v) is 11.0. The van der Waals surface area contributed by atoms with Gasteiger partial charge in [0.2, 0.25) is 0 Å². The predicted octanol–water partition coefficient (Wildman–Crippen LogP) is 5.50. The summed E-state index contributed by atoms with van der Waals surface area (Å²) >= 11 is 0. The number of nitrogens with zero attached hydrogens (tertiary/aromatic N) is 1. The molecule has 0 aromatic heterocycles. The van der Waals surface area contributed by atoms with E-state index in [1.54, 1.807) is 0 Å². The van der Waals surface area contributed by atoms with E-state index in [0.717, 1.165) is 42.2 Å². The minimum absolute atomic E-state index is 0.246. The molecule has 1 aromatic carbocycles. The highest BCUT2D eigenvalue weighted by molar-refractivity contribution is 6.00. The molecule has 0 atom stereocenters. The lowest BCUT2D eigenvalue weighted by atomic mass is 10.0.